The van der Waals surface area contributed by atoms with Crippen molar-refractivity contribution in [3.8, 4) is 0 Å². The Balaban J connectivity index is 2.40. The Morgan fingerprint density at radius 2 is 2.62 bits per heavy atom. The highest BCUT2D eigenvalue weighted by Crippen LogP contribution is 2.23. The van der Waals surface area contributed by atoms with Crippen molar-refractivity contribution in [2.24, 2.45) is 0 Å². The van der Waals surface area contributed by atoms with E-state index in [2.05, 4.69) is 15.9 Å². The first-order valence-corrected chi connectivity index (χ1v) is 5.48. The molecule has 0 N–H and O–H groups in total. The molecule has 0 spiro atoms. The van der Waals surface area contributed by atoms with E-state index in [4.69, 9.17) is 9.47 Å². The molecule has 1 aliphatic heterocycles. The van der Waals surface area contributed by atoms with Gasteiger partial charge in [0.2, 0.25) is 0 Å². The van der Waals surface area contributed by atoms with Crippen molar-refractivity contribution in [3.05, 3.63) is 11.8 Å². The molecule has 0 saturated carbocycles. The third-order valence-electron chi connectivity index (χ3n) is 1.77. The summed E-state index contributed by atoms with van der Waals surface area (Å²) in [6.07, 6.45) is 3.44. The van der Waals surface area contributed by atoms with Gasteiger partial charge in [0, 0.05) is 11.8 Å². The van der Waals surface area contributed by atoms with Gasteiger partial charge in [0.25, 0.3) is 0 Å². The van der Waals surface area contributed by atoms with Crippen LogP contribution in [0.15, 0.2) is 11.8 Å². The summed E-state index contributed by atoms with van der Waals surface area (Å²) in [4.78, 5) is 11.0. The number of esters is 1. The van der Waals surface area contributed by atoms with Gasteiger partial charge in [-0.3, -0.25) is 0 Å². The number of allylic oxidation sites excluding steroid dienone is 1. The predicted octanol–water partition coefficient (Wildman–Crippen LogP) is 2.01. The molecule has 0 aliphatic carbocycles. The number of carbonyl (C=O) groups is 1. The van der Waals surface area contributed by atoms with Gasteiger partial charge in [0.1, 0.15) is 11.9 Å². The van der Waals surface area contributed by atoms with Crippen LogP contribution in [0.2, 0.25) is 0 Å². The second-order valence-electron chi connectivity index (χ2n) is 2.80. The molecule has 3 nitrogen and oxygen atoms in total. The van der Waals surface area contributed by atoms with Crippen LogP contribution in [-0.4, -0.2) is 24.0 Å². The fourth-order valence-electron chi connectivity index (χ4n) is 1.17. The molecule has 1 atom stereocenters. The Bertz CT molecular complexity index is 213. The van der Waals surface area contributed by atoms with Crippen LogP contribution in [0.1, 0.15) is 19.8 Å². The molecule has 1 saturated heterocycles. The number of hydrogen-bond acceptors (Lipinski definition) is 3. The fraction of sp³-hybridized carbons (Fsp3) is 0.667. The minimum Gasteiger partial charge on any atom is -0.494 e. The van der Waals surface area contributed by atoms with Crippen LogP contribution >= 0.6 is 15.9 Å². The standard InChI is InChI=1S/C9H13BrO3/c1-2-12-9(11)5-7-3-4-8(6-10)13-7/h5,8H,2-4,6H2,1H3/b7-5-/t8-/m1/s1. The molecule has 0 bridgehead atoms. The highest BCUT2D eigenvalue weighted by Gasteiger charge is 2.20. The highest BCUT2D eigenvalue weighted by molar-refractivity contribution is 9.09. The minimum atomic E-state index is -0.312. The van der Waals surface area contributed by atoms with Crippen molar-refractivity contribution in [1.82, 2.24) is 0 Å². The van der Waals surface area contributed by atoms with Gasteiger partial charge in [-0.15, -0.1) is 0 Å². The van der Waals surface area contributed by atoms with Crippen LogP contribution in [0.25, 0.3) is 0 Å². The molecule has 13 heavy (non-hydrogen) atoms. The number of hydrogen-bond donors (Lipinski definition) is 0. The third-order valence-corrected chi connectivity index (χ3v) is 2.49. The van der Waals surface area contributed by atoms with Gasteiger partial charge in [0.05, 0.1) is 12.7 Å². The van der Waals surface area contributed by atoms with E-state index in [-0.39, 0.29) is 12.1 Å². The fourth-order valence-corrected chi connectivity index (χ4v) is 1.62. The largest absolute Gasteiger partial charge is 0.494 e. The maximum Gasteiger partial charge on any atom is 0.334 e. The summed E-state index contributed by atoms with van der Waals surface area (Å²) in [6.45, 7) is 2.19. The van der Waals surface area contributed by atoms with E-state index in [9.17, 15) is 4.79 Å². The van der Waals surface area contributed by atoms with Gasteiger partial charge in [-0.25, -0.2) is 4.79 Å². The number of carbonyl (C=O) groups excluding carboxylic acids is 1. The van der Waals surface area contributed by atoms with Gasteiger partial charge in [-0.1, -0.05) is 15.9 Å². The van der Waals surface area contributed by atoms with Crippen molar-refractivity contribution in [3.63, 3.8) is 0 Å². The van der Waals surface area contributed by atoms with Crippen LogP contribution in [0, 0.1) is 0 Å². The van der Waals surface area contributed by atoms with E-state index in [1.165, 1.54) is 6.08 Å². The van der Waals surface area contributed by atoms with Crippen LogP contribution in [0.5, 0.6) is 0 Å². The van der Waals surface area contributed by atoms with Crippen LogP contribution in [0.4, 0.5) is 0 Å². The maximum atomic E-state index is 11.0. The third kappa shape index (κ3) is 3.38. The Morgan fingerprint density at radius 3 is 3.15 bits per heavy atom. The molecule has 74 valence electrons. The van der Waals surface area contributed by atoms with E-state index in [1.54, 1.807) is 6.92 Å². The molecule has 1 aliphatic rings. The molecule has 1 fully saturated rings. The second kappa shape index (κ2) is 5.27. The molecule has 0 unspecified atom stereocenters. The SMILES string of the molecule is CCOC(=O)/C=C1/CC[C@H](CBr)O1. The summed E-state index contributed by atoms with van der Waals surface area (Å²) in [5.41, 5.74) is 0. The van der Waals surface area contributed by atoms with Gasteiger partial charge < -0.3 is 9.47 Å². The zero-order chi connectivity index (χ0) is 9.68. The van der Waals surface area contributed by atoms with E-state index >= 15 is 0 Å². The molecule has 0 aromatic rings. The molecular formula is C9H13BrO3. The molecule has 1 rings (SSSR count). The van der Waals surface area contributed by atoms with E-state index in [0.717, 1.165) is 23.9 Å². The normalized spacial score (nSPS) is 24.5. The lowest BCUT2D eigenvalue weighted by Crippen LogP contribution is -2.05. The molecule has 0 radical (unpaired) electrons. The first kappa shape index (κ1) is 10.6. The quantitative estimate of drug-likeness (QED) is 0.436. The van der Waals surface area contributed by atoms with Gasteiger partial charge in [0.15, 0.2) is 0 Å². The van der Waals surface area contributed by atoms with Crippen LogP contribution in [-0.2, 0) is 14.3 Å². The minimum absolute atomic E-state index is 0.209. The van der Waals surface area contributed by atoms with Crippen molar-refractivity contribution in [1.29, 1.82) is 0 Å². The predicted molar refractivity (Wildman–Crippen MR) is 52.6 cm³/mol. The highest BCUT2D eigenvalue weighted by atomic mass is 79.9. The number of halogens is 1. The maximum absolute atomic E-state index is 11.0. The van der Waals surface area contributed by atoms with E-state index in [0.29, 0.717) is 6.61 Å². The Hall–Kier alpha value is -0.510. The smallest absolute Gasteiger partial charge is 0.334 e. The van der Waals surface area contributed by atoms with E-state index < -0.39 is 0 Å². The number of rotatable bonds is 3. The summed E-state index contributed by atoms with van der Waals surface area (Å²) < 4.78 is 10.2. The topological polar surface area (TPSA) is 35.5 Å². The Morgan fingerprint density at radius 1 is 1.85 bits per heavy atom. The first-order chi connectivity index (χ1) is 6.26. The Labute approximate surface area is 86.2 Å². The molecule has 0 amide bonds. The zero-order valence-electron chi connectivity index (χ0n) is 7.59. The van der Waals surface area contributed by atoms with Gasteiger partial charge >= 0.3 is 5.97 Å². The summed E-state index contributed by atoms with van der Waals surface area (Å²) in [6, 6.07) is 0. The van der Waals surface area contributed by atoms with Crippen LogP contribution in [0.3, 0.4) is 0 Å². The average molecular weight is 249 g/mol. The van der Waals surface area contributed by atoms with Gasteiger partial charge in [-0.05, 0) is 13.3 Å². The average Bonchev–Trinajstić information content (AvgIpc) is 2.52. The Kier molecular flexibility index (Phi) is 4.28. The summed E-state index contributed by atoms with van der Waals surface area (Å²) >= 11 is 3.33. The van der Waals surface area contributed by atoms with E-state index in [1.807, 2.05) is 0 Å². The summed E-state index contributed by atoms with van der Waals surface area (Å²) in [5, 5.41) is 0.813. The lowest BCUT2D eigenvalue weighted by atomic mass is 10.2. The summed E-state index contributed by atoms with van der Waals surface area (Å²) in [7, 11) is 0. The van der Waals surface area contributed by atoms with Gasteiger partial charge in [-0.2, -0.15) is 0 Å². The lowest BCUT2D eigenvalue weighted by molar-refractivity contribution is -0.137. The first-order valence-electron chi connectivity index (χ1n) is 4.36. The number of alkyl halides is 1. The van der Waals surface area contributed by atoms with Crippen molar-refractivity contribution in [2.45, 2.75) is 25.9 Å². The lowest BCUT2D eigenvalue weighted by Gasteiger charge is -2.05. The number of ether oxygens (including phenoxy) is 2. The van der Waals surface area contributed by atoms with Crippen molar-refractivity contribution >= 4 is 21.9 Å². The molecular weight excluding hydrogens is 236 g/mol. The van der Waals surface area contributed by atoms with Crippen LogP contribution < -0.4 is 0 Å². The second-order valence-corrected chi connectivity index (χ2v) is 3.44. The molecule has 4 heteroatoms. The van der Waals surface area contributed by atoms with Crippen molar-refractivity contribution in [2.75, 3.05) is 11.9 Å². The zero-order valence-corrected chi connectivity index (χ0v) is 9.17. The molecule has 0 aromatic carbocycles. The molecule has 1 heterocycles. The summed E-state index contributed by atoms with van der Waals surface area (Å²) in [5.74, 6) is 0.427. The molecule has 0 aromatic heterocycles. The van der Waals surface area contributed by atoms with Crippen molar-refractivity contribution < 1.29 is 14.3 Å². The monoisotopic (exact) mass is 248 g/mol.